The molecule has 1 aliphatic rings. The minimum Gasteiger partial charge on any atom is -0.498 e. The normalized spacial score (nSPS) is 17.1. The van der Waals surface area contributed by atoms with Crippen molar-refractivity contribution >= 4 is 17.5 Å². The largest absolute Gasteiger partial charge is 0.498 e. The first-order valence-electron chi connectivity index (χ1n) is 5.45. The highest BCUT2D eigenvalue weighted by atomic mass is 19.1. The van der Waals surface area contributed by atoms with Gasteiger partial charge >= 0.3 is 11.9 Å². The molecule has 0 radical (unpaired) electrons. The number of hydrogen-bond donors (Lipinski definition) is 0. The van der Waals surface area contributed by atoms with Crippen LogP contribution in [0.5, 0.6) is 0 Å². The maximum absolute atomic E-state index is 13.6. The van der Waals surface area contributed by atoms with E-state index in [-0.39, 0.29) is 16.7 Å². The Morgan fingerprint density at radius 3 is 2.72 bits per heavy atom. The molecule has 2 rings (SSSR count). The number of halogens is 1. The Morgan fingerprint density at radius 2 is 2.06 bits per heavy atom. The molecule has 1 aliphatic heterocycles. The molecule has 0 aliphatic carbocycles. The van der Waals surface area contributed by atoms with Crippen LogP contribution < -0.4 is 0 Å². The summed E-state index contributed by atoms with van der Waals surface area (Å²) in [7, 11) is 0. The molecule has 0 bridgehead atoms. The van der Waals surface area contributed by atoms with Crippen LogP contribution in [-0.4, -0.2) is 18.5 Å². The first-order valence-corrected chi connectivity index (χ1v) is 5.45. The van der Waals surface area contributed by atoms with Gasteiger partial charge in [-0.3, -0.25) is 0 Å². The summed E-state index contributed by atoms with van der Waals surface area (Å²) in [5.74, 6) is -2.20. The molecule has 5 heteroatoms. The van der Waals surface area contributed by atoms with Gasteiger partial charge in [-0.15, -0.1) is 0 Å². The van der Waals surface area contributed by atoms with Gasteiger partial charge in [0, 0.05) is 5.56 Å². The van der Waals surface area contributed by atoms with Gasteiger partial charge in [-0.1, -0.05) is 12.1 Å². The van der Waals surface area contributed by atoms with Crippen LogP contribution in [0.3, 0.4) is 0 Å². The Labute approximate surface area is 103 Å². The van der Waals surface area contributed by atoms with Crippen molar-refractivity contribution in [2.24, 2.45) is 0 Å². The van der Waals surface area contributed by atoms with Crippen LogP contribution >= 0.6 is 0 Å². The highest BCUT2D eigenvalue weighted by Gasteiger charge is 2.34. The van der Waals surface area contributed by atoms with Gasteiger partial charge < -0.3 is 9.47 Å². The van der Waals surface area contributed by atoms with Crippen molar-refractivity contribution in [3.05, 3.63) is 40.9 Å². The van der Waals surface area contributed by atoms with E-state index in [2.05, 4.69) is 4.74 Å². The monoisotopic (exact) mass is 250 g/mol. The SMILES string of the molecule is CCOC(C)=C1C(=O)OC(=O)c2c(F)cccc21. The van der Waals surface area contributed by atoms with E-state index >= 15 is 0 Å². The third-order valence-electron chi connectivity index (χ3n) is 2.59. The van der Waals surface area contributed by atoms with E-state index in [0.29, 0.717) is 12.4 Å². The van der Waals surface area contributed by atoms with E-state index in [1.165, 1.54) is 12.1 Å². The molecule has 1 aromatic rings. The number of benzene rings is 1. The predicted molar refractivity (Wildman–Crippen MR) is 61.0 cm³/mol. The molecule has 4 nitrogen and oxygen atoms in total. The van der Waals surface area contributed by atoms with E-state index in [9.17, 15) is 14.0 Å². The third kappa shape index (κ3) is 1.88. The molecule has 0 saturated carbocycles. The van der Waals surface area contributed by atoms with Crippen molar-refractivity contribution in [1.29, 1.82) is 0 Å². The average molecular weight is 250 g/mol. The van der Waals surface area contributed by atoms with E-state index in [1.54, 1.807) is 13.8 Å². The zero-order chi connectivity index (χ0) is 13.3. The van der Waals surface area contributed by atoms with Crippen LogP contribution in [-0.2, 0) is 14.3 Å². The van der Waals surface area contributed by atoms with E-state index in [0.717, 1.165) is 6.07 Å². The Morgan fingerprint density at radius 1 is 1.33 bits per heavy atom. The fourth-order valence-electron chi connectivity index (χ4n) is 1.86. The third-order valence-corrected chi connectivity index (χ3v) is 2.59. The lowest BCUT2D eigenvalue weighted by molar-refractivity contribution is -0.131. The molecular formula is C13H11FO4. The van der Waals surface area contributed by atoms with Crippen molar-refractivity contribution in [2.45, 2.75) is 13.8 Å². The summed E-state index contributed by atoms with van der Waals surface area (Å²) in [6.45, 7) is 3.70. The second-order valence-corrected chi connectivity index (χ2v) is 3.70. The number of carbonyl (C=O) groups excluding carboxylic acids is 2. The maximum atomic E-state index is 13.6. The summed E-state index contributed by atoms with van der Waals surface area (Å²) in [6, 6.07) is 4.07. The Balaban J connectivity index is 2.68. The summed E-state index contributed by atoms with van der Waals surface area (Å²) < 4.78 is 23.3. The number of fused-ring (bicyclic) bond motifs is 1. The van der Waals surface area contributed by atoms with Crippen LogP contribution in [0.2, 0.25) is 0 Å². The second-order valence-electron chi connectivity index (χ2n) is 3.70. The quantitative estimate of drug-likeness (QED) is 0.350. The van der Waals surface area contributed by atoms with Gasteiger partial charge in [0.2, 0.25) is 0 Å². The molecule has 0 fully saturated rings. The summed E-state index contributed by atoms with van der Waals surface area (Å²) in [4.78, 5) is 23.2. The van der Waals surface area contributed by atoms with Crippen LogP contribution in [0, 0.1) is 5.82 Å². The molecule has 94 valence electrons. The molecule has 0 spiro atoms. The van der Waals surface area contributed by atoms with Gasteiger partial charge in [0.25, 0.3) is 0 Å². The van der Waals surface area contributed by atoms with Crippen molar-refractivity contribution in [3.63, 3.8) is 0 Å². The number of rotatable bonds is 2. The van der Waals surface area contributed by atoms with Crippen LogP contribution in [0.15, 0.2) is 24.0 Å². The van der Waals surface area contributed by atoms with Crippen LogP contribution in [0.25, 0.3) is 5.57 Å². The Hall–Kier alpha value is -2.17. The number of esters is 2. The van der Waals surface area contributed by atoms with Gasteiger partial charge in [0.05, 0.1) is 6.61 Å². The smallest absolute Gasteiger partial charge is 0.350 e. The Bertz CT molecular complexity index is 560. The molecule has 0 saturated heterocycles. The van der Waals surface area contributed by atoms with Gasteiger partial charge in [-0.05, 0) is 19.9 Å². The zero-order valence-electron chi connectivity index (χ0n) is 9.95. The average Bonchev–Trinajstić information content (AvgIpc) is 2.28. The lowest BCUT2D eigenvalue weighted by Gasteiger charge is -2.19. The minimum atomic E-state index is -0.971. The van der Waals surface area contributed by atoms with E-state index in [1.807, 2.05) is 0 Å². The second kappa shape index (κ2) is 4.60. The van der Waals surface area contributed by atoms with Crippen molar-refractivity contribution in [1.82, 2.24) is 0 Å². The standard InChI is InChI=1S/C13H11FO4/c1-3-17-7(2)10-8-5-4-6-9(14)11(8)13(16)18-12(10)15/h4-6H,3H2,1-2H3. The molecule has 0 atom stereocenters. The molecule has 0 N–H and O–H groups in total. The zero-order valence-corrected chi connectivity index (χ0v) is 9.95. The highest BCUT2D eigenvalue weighted by molar-refractivity contribution is 6.26. The predicted octanol–water partition coefficient (Wildman–Crippen LogP) is 2.29. The lowest BCUT2D eigenvalue weighted by atomic mass is 9.96. The van der Waals surface area contributed by atoms with Crippen molar-refractivity contribution in [2.75, 3.05) is 6.61 Å². The Kier molecular flexibility index (Phi) is 3.14. The number of allylic oxidation sites excluding steroid dienone is 1. The van der Waals surface area contributed by atoms with Gasteiger partial charge in [0.15, 0.2) is 0 Å². The first-order chi connectivity index (χ1) is 8.56. The van der Waals surface area contributed by atoms with E-state index < -0.39 is 17.8 Å². The molecule has 18 heavy (non-hydrogen) atoms. The fourth-order valence-corrected chi connectivity index (χ4v) is 1.86. The van der Waals surface area contributed by atoms with Gasteiger partial charge in [-0.25, -0.2) is 14.0 Å². The fraction of sp³-hybridized carbons (Fsp3) is 0.231. The van der Waals surface area contributed by atoms with Gasteiger partial charge in [0.1, 0.15) is 22.7 Å². The summed E-state index contributed by atoms with van der Waals surface area (Å²) in [6.07, 6.45) is 0. The summed E-state index contributed by atoms with van der Waals surface area (Å²) in [5, 5.41) is 0. The van der Waals surface area contributed by atoms with Crippen molar-refractivity contribution < 1.29 is 23.5 Å². The highest BCUT2D eigenvalue weighted by Crippen LogP contribution is 2.31. The summed E-state index contributed by atoms with van der Waals surface area (Å²) in [5.41, 5.74) is 0.0688. The molecule has 1 aromatic carbocycles. The molecule has 0 aromatic heterocycles. The number of ether oxygens (including phenoxy) is 2. The molecule has 0 amide bonds. The molecule has 0 unspecified atom stereocenters. The minimum absolute atomic E-state index is 0.0888. The topological polar surface area (TPSA) is 52.6 Å². The van der Waals surface area contributed by atoms with Crippen LogP contribution in [0.4, 0.5) is 4.39 Å². The maximum Gasteiger partial charge on any atom is 0.350 e. The molecular weight excluding hydrogens is 239 g/mol. The first kappa shape index (κ1) is 12.3. The number of carbonyl (C=O) groups is 2. The number of hydrogen-bond acceptors (Lipinski definition) is 4. The lowest BCUT2D eigenvalue weighted by Crippen LogP contribution is -2.24. The van der Waals surface area contributed by atoms with Gasteiger partial charge in [-0.2, -0.15) is 0 Å². The van der Waals surface area contributed by atoms with Crippen LogP contribution in [0.1, 0.15) is 29.8 Å². The summed E-state index contributed by atoms with van der Waals surface area (Å²) >= 11 is 0. The van der Waals surface area contributed by atoms with Crippen molar-refractivity contribution in [3.8, 4) is 0 Å². The number of cyclic esters (lactones) is 2. The van der Waals surface area contributed by atoms with E-state index in [4.69, 9.17) is 4.74 Å². The molecule has 1 heterocycles.